The molecule has 0 aliphatic heterocycles. The van der Waals surface area contributed by atoms with Crippen LogP contribution in [0.4, 0.5) is 0 Å². The maximum atomic E-state index is 10.6. The van der Waals surface area contributed by atoms with E-state index in [1.165, 1.54) is 12.8 Å². The first-order chi connectivity index (χ1) is 7.61. The highest BCUT2D eigenvalue weighted by Crippen LogP contribution is 2.35. The largest absolute Gasteiger partial charge is 0.389 e. The molecule has 1 saturated carbocycles. The van der Waals surface area contributed by atoms with Gasteiger partial charge in [0.05, 0.1) is 11.3 Å². The van der Waals surface area contributed by atoms with Gasteiger partial charge in [-0.3, -0.25) is 4.68 Å². The summed E-state index contributed by atoms with van der Waals surface area (Å²) >= 11 is 0. The van der Waals surface area contributed by atoms with Crippen molar-refractivity contribution in [1.82, 2.24) is 9.78 Å². The van der Waals surface area contributed by atoms with Crippen LogP contribution in [0.25, 0.3) is 0 Å². The second-order valence-electron chi connectivity index (χ2n) is 5.25. The van der Waals surface area contributed by atoms with Crippen LogP contribution in [0, 0.1) is 5.92 Å². The molecule has 0 aromatic carbocycles. The zero-order chi connectivity index (χ0) is 11.6. The third-order valence-corrected chi connectivity index (χ3v) is 3.78. The van der Waals surface area contributed by atoms with E-state index in [9.17, 15) is 5.11 Å². The summed E-state index contributed by atoms with van der Waals surface area (Å²) in [5, 5.41) is 14.9. The minimum Gasteiger partial charge on any atom is -0.389 e. The lowest BCUT2D eigenvalue weighted by Crippen LogP contribution is -2.37. The molecule has 2 unspecified atom stereocenters. The van der Waals surface area contributed by atoms with E-state index in [2.05, 4.69) is 12.0 Å². The molecule has 3 nitrogen and oxygen atoms in total. The summed E-state index contributed by atoms with van der Waals surface area (Å²) < 4.78 is 1.80. The van der Waals surface area contributed by atoms with Crippen molar-refractivity contribution in [3.05, 3.63) is 18.0 Å². The molecule has 2 rings (SSSR count). The first-order valence-electron chi connectivity index (χ1n) is 6.32. The molecule has 1 fully saturated rings. The van der Waals surface area contributed by atoms with Crippen LogP contribution < -0.4 is 0 Å². The molecule has 1 aliphatic carbocycles. The fraction of sp³-hybridized carbons (Fsp3) is 0.769. The molecule has 1 N–H and O–H groups in total. The van der Waals surface area contributed by atoms with Crippen molar-refractivity contribution in [2.24, 2.45) is 13.0 Å². The SMILES string of the molecule is CCC1CCCC(O)(Cc2ccn(C)n2)C1. The standard InChI is InChI=1S/C13H22N2O/c1-3-11-5-4-7-13(16,9-11)10-12-6-8-15(2)14-12/h6,8,11,16H,3-5,7,9-10H2,1-2H3. The number of hydrogen-bond donors (Lipinski definition) is 1. The number of rotatable bonds is 3. The first kappa shape index (κ1) is 11.6. The molecule has 90 valence electrons. The van der Waals surface area contributed by atoms with E-state index in [1.807, 2.05) is 19.3 Å². The minimum absolute atomic E-state index is 0.507. The summed E-state index contributed by atoms with van der Waals surface area (Å²) in [6.45, 7) is 2.22. The number of nitrogens with zero attached hydrogens (tertiary/aromatic N) is 2. The molecule has 0 radical (unpaired) electrons. The van der Waals surface area contributed by atoms with Crippen molar-refractivity contribution in [2.45, 2.75) is 51.0 Å². The summed E-state index contributed by atoms with van der Waals surface area (Å²) in [6.07, 6.45) is 8.15. The Kier molecular flexibility index (Phi) is 3.33. The summed E-state index contributed by atoms with van der Waals surface area (Å²) in [4.78, 5) is 0. The average molecular weight is 222 g/mol. The van der Waals surface area contributed by atoms with Crippen LogP contribution >= 0.6 is 0 Å². The highest BCUT2D eigenvalue weighted by Gasteiger charge is 2.34. The molecule has 1 aromatic heterocycles. The monoisotopic (exact) mass is 222 g/mol. The third kappa shape index (κ3) is 2.64. The Hall–Kier alpha value is -0.830. The molecular weight excluding hydrogens is 200 g/mol. The van der Waals surface area contributed by atoms with E-state index in [4.69, 9.17) is 0 Å². The topological polar surface area (TPSA) is 38.0 Å². The molecule has 0 bridgehead atoms. The lowest BCUT2D eigenvalue weighted by molar-refractivity contribution is -0.0170. The molecule has 0 saturated heterocycles. The van der Waals surface area contributed by atoms with Gasteiger partial charge >= 0.3 is 0 Å². The fourth-order valence-electron chi connectivity index (χ4n) is 2.86. The average Bonchev–Trinajstić information content (AvgIpc) is 2.63. The summed E-state index contributed by atoms with van der Waals surface area (Å²) in [6, 6.07) is 2.01. The zero-order valence-electron chi connectivity index (χ0n) is 10.3. The van der Waals surface area contributed by atoms with Gasteiger partial charge in [-0.05, 0) is 24.8 Å². The zero-order valence-corrected chi connectivity index (χ0v) is 10.3. The van der Waals surface area contributed by atoms with Crippen molar-refractivity contribution in [1.29, 1.82) is 0 Å². The second-order valence-corrected chi connectivity index (χ2v) is 5.25. The van der Waals surface area contributed by atoms with Crippen LogP contribution in [-0.2, 0) is 13.5 Å². The highest BCUT2D eigenvalue weighted by atomic mass is 16.3. The molecule has 1 aliphatic rings. The quantitative estimate of drug-likeness (QED) is 0.852. The van der Waals surface area contributed by atoms with Crippen molar-refractivity contribution < 1.29 is 5.11 Å². The number of hydrogen-bond acceptors (Lipinski definition) is 2. The predicted molar refractivity (Wildman–Crippen MR) is 64.1 cm³/mol. The van der Waals surface area contributed by atoms with Gasteiger partial charge in [0, 0.05) is 19.7 Å². The van der Waals surface area contributed by atoms with E-state index >= 15 is 0 Å². The minimum atomic E-state index is -0.507. The van der Waals surface area contributed by atoms with Gasteiger partial charge in [-0.1, -0.05) is 26.2 Å². The van der Waals surface area contributed by atoms with Gasteiger partial charge in [-0.15, -0.1) is 0 Å². The van der Waals surface area contributed by atoms with Crippen molar-refractivity contribution in [3.8, 4) is 0 Å². The number of aliphatic hydroxyl groups is 1. The van der Waals surface area contributed by atoms with Gasteiger partial charge in [0.25, 0.3) is 0 Å². The lowest BCUT2D eigenvalue weighted by Gasteiger charge is -2.36. The molecule has 0 amide bonds. The summed E-state index contributed by atoms with van der Waals surface area (Å²) in [5.41, 5.74) is 0.509. The highest BCUT2D eigenvalue weighted by molar-refractivity contribution is 5.05. The molecule has 16 heavy (non-hydrogen) atoms. The van der Waals surface area contributed by atoms with Gasteiger partial charge in [-0.25, -0.2) is 0 Å². The predicted octanol–water partition coefficient (Wildman–Crippen LogP) is 2.29. The Bertz CT molecular complexity index is 347. The Labute approximate surface area is 97.5 Å². The van der Waals surface area contributed by atoms with Gasteiger partial charge < -0.3 is 5.11 Å². The lowest BCUT2D eigenvalue weighted by atomic mass is 9.75. The molecule has 3 heteroatoms. The van der Waals surface area contributed by atoms with Crippen LogP contribution in [-0.4, -0.2) is 20.5 Å². The second kappa shape index (κ2) is 4.58. The van der Waals surface area contributed by atoms with E-state index < -0.39 is 5.60 Å². The fourth-order valence-corrected chi connectivity index (χ4v) is 2.86. The normalized spacial score (nSPS) is 30.6. The van der Waals surface area contributed by atoms with Gasteiger partial charge in [0.1, 0.15) is 0 Å². The summed E-state index contributed by atoms with van der Waals surface area (Å²) in [7, 11) is 1.92. The van der Waals surface area contributed by atoms with Gasteiger partial charge in [0.2, 0.25) is 0 Å². The maximum Gasteiger partial charge on any atom is 0.0706 e. The number of aryl methyl sites for hydroxylation is 1. The smallest absolute Gasteiger partial charge is 0.0706 e. The molecule has 2 atom stereocenters. The Morgan fingerprint density at radius 3 is 3.06 bits per heavy atom. The van der Waals surface area contributed by atoms with Crippen molar-refractivity contribution in [3.63, 3.8) is 0 Å². The summed E-state index contributed by atoms with van der Waals surface area (Å²) in [5.74, 6) is 0.697. The Morgan fingerprint density at radius 1 is 1.62 bits per heavy atom. The Morgan fingerprint density at radius 2 is 2.44 bits per heavy atom. The maximum absolute atomic E-state index is 10.6. The Balaban J connectivity index is 2.01. The van der Waals surface area contributed by atoms with Crippen LogP contribution in [0.15, 0.2) is 12.3 Å². The first-order valence-corrected chi connectivity index (χ1v) is 6.32. The number of aromatic nitrogens is 2. The molecular formula is C13H22N2O. The van der Waals surface area contributed by atoms with Gasteiger partial charge in [0.15, 0.2) is 0 Å². The molecule has 0 spiro atoms. The van der Waals surface area contributed by atoms with Crippen LogP contribution in [0.5, 0.6) is 0 Å². The van der Waals surface area contributed by atoms with E-state index in [-0.39, 0.29) is 0 Å². The molecule has 1 aromatic rings. The van der Waals surface area contributed by atoms with Crippen LogP contribution in [0.3, 0.4) is 0 Å². The van der Waals surface area contributed by atoms with E-state index in [0.717, 1.165) is 25.0 Å². The third-order valence-electron chi connectivity index (χ3n) is 3.78. The van der Waals surface area contributed by atoms with E-state index in [1.54, 1.807) is 4.68 Å². The van der Waals surface area contributed by atoms with Gasteiger partial charge in [-0.2, -0.15) is 5.10 Å². The van der Waals surface area contributed by atoms with E-state index in [0.29, 0.717) is 12.3 Å². The van der Waals surface area contributed by atoms with Crippen molar-refractivity contribution in [2.75, 3.05) is 0 Å². The van der Waals surface area contributed by atoms with Crippen LogP contribution in [0.1, 0.15) is 44.7 Å². The van der Waals surface area contributed by atoms with Crippen molar-refractivity contribution >= 4 is 0 Å². The molecule has 1 heterocycles. The van der Waals surface area contributed by atoms with Crippen LogP contribution in [0.2, 0.25) is 0 Å².